The van der Waals surface area contributed by atoms with Crippen LogP contribution in [0.3, 0.4) is 0 Å². The number of esters is 1. The number of methoxy groups -OCH3 is 1. The summed E-state index contributed by atoms with van der Waals surface area (Å²) in [6, 6.07) is -0.125. The van der Waals surface area contributed by atoms with E-state index in [4.69, 9.17) is 4.74 Å². The Bertz CT molecular complexity index is 218. The minimum absolute atomic E-state index is 0.119. The number of carbonyl (C=O) groups excluding carboxylic acids is 1. The van der Waals surface area contributed by atoms with E-state index in [9.17, 15) is 4.79 Å². The zero-order valence-electron chi connectivity index (χ0n) is 10.4. The summed E-state index contributed by atoms with van der Waals surface area (Å²) in [5.74, 6) is 2.54. The largest absolute Gasteiger partial charge is 0.468 e. The number of hydrogen-bond donors (Lipinski definition) is 1. The van der Waals surface area contributed by atoms with E-state index in [1.807, 2.05) is 25.9 Å². The summed E-state index contributed by atoms with van der Waals surface area (Å²) in [5, 5.41) is 3.31. The highest BCUT2D eigenvalue weighted by Crippen LogP contribution is 2.26. The minimum Gasteiger partial charge on any atom is -0.468 e. The lowest BCUT2D eigenvalue weighted by Crippen LogP contribution is -2.46. The van der Waals surface area contributed by atoms with Crippen molar-refractivity contribution in [1.82, 2.24) is 10.2 Å². The van der Waals surface area contributed by atoms with Crippen molar-refractivity contribution in [3.8, 4) is 0 Å². The van der Waals surface area contributed by atoms with Gasteiger partial charge in [-0.3, -0.25) is 4.79 Å². The van der Waals surface area contributed by atoms with Gasteiger partial charge in [0.15, 0.2) is 0 Å². The van der Waals surface area contributed by atoms with E-state index in [1.165, 1.54) is 7.11 Å². The minimum atomic E-state index is -0.125. The second-order valence-corrected chi connectivity index (χ2v) is 5.53. The van der Waals surface area contributed by atoms with Gasteiger partial charge in [-0.2, -0.15) is 11.8 Å². The molecule has 1 N–H and O–H groups in total. The average molecular weight is 246 g/mol. The smallest absolute Gasteiger partial charge is 0.323 e. The van der Waals surface area contributed by atoms with Gasteiger partial charge in [-0.1, -0.05) is 0 Å². The molecule has 1 fully saturated rings. The van der Waals surface area contributed by atoms with E-state index in [0.29, 0.717) is 5.92 Å². The lowest BCUT2D eigenvalue weighted by molar-refractivity contribution is -0.144. The Morgan fingerprint density at radius 2 is 2.38 bits per heavy atom. The Balaban J connectivity index is 2.40. The van der Waals surface area contributed by atoms with Crippen molar-refractivity contribution in [2.75, 3.05) is 45.8 Å². The van der Waals surface area contributed by atoms with Crippen molar-refractivity contribution in [3.05, 3.63) is 0 Å². The Kier molecular flexibility index (Phi) is 6.16. The van der Waals surface area contributed by atoms with E-state index < -0.39 is 0 Å². The SMILES string of the molecule is COC(=O)C(NCCN(C)C)C1CCSC1. The number of likely N-dealkylation sites (N-methyl/N-ethyl adjacent to an activating group) is 1. The maximum absolute atomic E-state index is 11.7. The summed E-state index contributed by atoms with van der Waals surface area (Å²) in [5.41, 5.74) is 0. The number of nitrogens with zero attached hydrogens (tertiary/aromatic N) is 1. The van der Waals surface area contributed by atoms with Gasteiger partial charge >= 0.3 is 5.97 Å². The Morgan fingerprint density at radius 1 is 1.62 bits per heavy atom. The summed E-state index contributed by atoms with van der Waals surface area (Å²) in [6.07, 6.45) is 1.11. The molecule has 1 aliphatic rings. The summed E-state index contributed by atoms with van der Waals surface area (Å²) in [6.45, 7) is 1.77. The van der Waals surface area contributed by atoms with Crippen LogP contribution in [0.25, 0.3) is 0 Å². The number of carbonyl (C=O) groups is 1. The van der Waals surface area contributed by atoms with Crippen molar-refractivity contribution in [1.29, 1.82) is 0 Å². The molecule has 0 aromatic heterocycles. The van der Waals surface area contributed by atoms with Gasteiger partial charge in [0.25, 0.3) is 0 Å². The van der Waals surface area contributed by atoms with Crippen molar-refractivity contribution < 1.29 is 9.53 Å². The first-order valence-corrected chi connectivity index (χ1v) is 6.84. The number of nitrogens with one attached hydrogen (secondary N) is 1. The summed E-state index contributed by atoms with van der Waals surface area (Å²) < 4.78 is 4.86. The van der Waals surface area contributed by atoms with Gasteiger partial charge in [0, 0.05) is 13.1 Å². The fourth-order valence-electron chi connectivity index (χ4n) is 1.83. The van der Waals surface area contributed by atoms with E-state index in [-0.39, 0.29) is 12.0 Å². The zero-order valence-corrected chi connectivity index (χ0v) is 11.2. The predicted molar refractivity (Wildman–Crippen MR) is 67.8 cm³/mol. The number of thioether (sulfide) groups is 1. The second-order valence-electron chi connectivity index (χ2n) is 4.38. The van der Waals surface area contributed by atoms with Crippen LogP contribution in [0.1, 0.15) is 6.42 Å². The molecule has 0 saturated carbocycles. The molecule has 2 unspecified atom stereocenters. The second kappa shape index (κ2) is 7.14. The fraction of sp³-hybridized carbons (Fsp3) is 0.909. The number of rotatable bonds is 6. The highest BCUT2D eigenvalue weighted by Gasteiger charge is 2.31. The first-order chi connectivity index (χ1) is 7.65. The highest BCUT2D eigenvalue weighted by atomic mass is 32.2. The van der Waals surface area contributed by atoms with Gasteiger partial charge < -0.3 is 15.0 Å². The zero-order chi connectivity index (χ0) is 12.0. The van der Waals surface area contributed by atoms with Gasteiger partial charge in [0.1, 0.15) is 6.04 Å². The lowest BCUT2D eigenvalue weighted by atomic mass is 9.99. The summed E-state index contributed by atoms with van der Waals surface area (Å²) >= 11 is 1.92. The van der Waals surface area contributed by atoms with Gasteiger partial charge in [-0.15, -0.1) is 0 Å². The molecule has 1 heterocycles. The van der Waals surface area contributed by atoms with Gasteiger partial charge in [0.2, 0.25) is 0 Å². The quantitative estimate of drug-likeness (QED) is 0.689. The maximum Gasteiger partial charge on any atom is 0.323 e. The molecule has 0 spiro atoms. The van der Waals surface area contributed by atoms with Crippen LogP contribution in [-0.4, -0.2) is 62.7 Å². The Morgan fingerprint density at radius 3 is 2.88 bits per heavy atom. The molecule has 0 aromatic carbocycles. The molecule has 5 heteroatoms. The van der Waals surface area contributed by atoms with Crippen molar-refractivity contribution in [2.45, 2.75) is 12.5 Å². The number of ether oxygens (including phenoxy) is 1. The van der Waals surface area contributed by atoms with Crippen LogP contribution >= 0.6 is 11.8 Å². The molecule has 94 valence electrons. The fourth-order valence-corrected chi connectivity index (χ4v) is 3.13. The third kappa shape index (κ3) is 4.31. The lowest BCUT2D eigenvalue weighted by Gasteiger charge is -2.22. The molecule has 4 nitrogen and oxygen atoms in total. The van der Waals surface area contributed by atoms with Crippen LogP contribution in [0.2, 0.25) is 0 Å². The Labute approximate surface area is 102 Å². The molecule has 0 amide bonds. The topological polar surface area (TPSA) is 41.6 Å². The van der Waals surface area contributed by atoms with Crippen LogP contribution in [0.15, 0.2) is 0 Å². The van der Waals surface area contributed by atoms with Crippen LogP contribution in [0.4, 0.5) is 0 Å². The van der Waals surface area contributed by atoms with E-state index in [1.54, 1.807) is 0 Å². The third-order valence-corrected chi connectivity index (χ3v) is 4.00. The molecule has 16 heavy (non-hydrogen) atoms. The van der Waals surface area contributed by atoms with Crippen molar-refractivity contribution in [3.63, 3.8) is 0 Å². The van der Waals surface area contributed by atoms with Crippen LogP contribution in [0.5, 0.6) is 0 Å². The average Bonchev–Trinajstić information content (AvgIpc) is 2.76. The first kappa shape index (κ1) is 13.8. The summed E-state index contributed by atoms with van der Waals surface area (Å²) in [4.78, 5) is 13.8. The van der Waals surface area contributed by atoms with Gasteiger partial charge in [0.05, 0.1) is 7.11 Å². The normalized spacial score (nSPS) is 22.4. The first-order valence-electron chi connectivity index (χ1n) is 5.69. The van der Waals surface area contributed by atoms with Gasteiger partial charge in [-0.25, -0.2) is 0 Å². The number of hydrogen-bond acceptors (Lipinski definition) is 5. The summed E-state index contributed by atoms with van der Waals surface area (Å²) in [7, 11) is 5.52. The van der Waals surface area contributed by atoms with E-state index in [0.717, 1.165) is 31.0 Å². The van der Waals surface area contributed by atoms with Crippen LogP contribution in [0, 0.1) is 5.92 Å². The van der Waals surface area contributed by atoms with E-state index >= 15 is 0 Å². The van der Waals surface area contributed by atoms with E-state index in [2.05, 4.69) is 10.2 Å². The molecule has 0 radical (unpaired) electrons. The molecule has 2 atom stereocenters. The highest BCUT2D eigenvalue weighted by molar-refractivity contribution is 7.99. The van der Waals surface area contributed by atoms with Crippen LogP contribution < -0.4 is 5.32 Å². The predicted octanol–water partition coefficient (Wildman–Crippen LogP) is 0.432. The molecule has 0 aromatic rings. The molecular formula is C11H22N2O2S. The molecule has 0 aliphatic carbocycles. The third-order valence-electron chi connectivity index (χ3n) is 2.81. The van der Waals surface area contributed by atoms with Crippen LogP contribution in [-0.2, 0) is 9.53 Å². The van der Waals surface area contributed by atoms with Gasteiger partial charge in [-0.05, 0) is 37.9 Å². The molecule has 1 saturated heterocycles. The molecular weight excluding hydrogens is 224 g/mol. The molecule has 0 bridgehead atoms. The monoisotopic (exact) mass is 246 g/mol. The molecule has 1 rings (SSSR count). The van der Waals surface area contributed by atoms with Crippen molar-refractivity contribution >= 4 is 17.7 Å². The maximum atomic E-state index is 11.7. The molecule has 1 aliphatic heterocycles. The standard InChI is InChI=1S/C11H22N2O2S/c1-13(2)6-5-12-10(11(14)15-3)9-4-7-16-8-9/h9-10,12H,4-8H2,1-3H3. The van der Waals surface area contributed by atoms with Crippen molar-refractivity contribution in [2.24, 2.45) is 5.92 Å². The Hall–Kier alpha value is -0.260.